The molecule has 6 heteroatoms. The van der Waals surface area contributed by atoms with Gasteiger partial charge in [-0.3, -0.25) is 14.7 Å². The van der Waals surface area contributed by atoms with Crippen molar-refractivity contribution in [2.75, 3.05) is 19.6 Å². The van der Waals surface area contributed by atoms with Gasteiger partial charge in [-0.25, -0.2) is 0 Å². The number of aromatic nitrogens is 1. The van der Waals surface area contributed by atoms with Crippen molar-refractivity contribution in [2.24, 2.45) is 10.9 Å². The number of aliphatic imine (C=N–C) groups is 1. The fourth-order valence-electron chi connectivity index (χ4n) is 3.56. The van der Waals surface area contributed by atoms with Gasteiger partial charge in [0.15, 0.2) is 5.69 Å². The van der Waals surface area contributed by atoms with Crippen molar-refractivity contribution < 1.29 is 9.32 Å². The summed E-state index contributed by atoms with van der Waals surface area (Å²) in [6.45, 7) is 7.07. The van der Waals surface area contributed by atoms with Gasteiger partial charge >= 0.3 is 0 Å². The smallest absolute Gasteiger partial charge is 0.273 e. The third-order valence-corrected chi connectivity index (χ3v) is 5.29. The molecular weight excluding hydrogens is 304 g/mol. The van der Waals surface area contributed by atoms with E-state index in [2.05, 4.69) is 34.2 Å². The zero-order chi connectivity index (χ0) is 16.7. The molecule has 0 aromatic carbocycles. The summed E-state index contributed by atoms with van der Waals surface area (Å²) in [5.74, 6) is 1.63. The molecule has 1 saturated carbocycles. The summed E-state index contributed by atoms with van der Waals surface area (Å²) in [5.41, 5.74) is 2.94. The number of allylic oxidation sites excluding steroid dienone is 1. The number of hydrogen-bond donors (Lipinski definition) is 1. The van der Waals surface area contributed by atoms with Crippen LogP contribution in [0.25, 0.3) is 0 Å². The Morgan fingerprint density at radius 2 is 2.25 bits per heavy atom. The molecule has 1 N–H and O–H groups in total. The topological polar surface area (TPSA) is 70.7 Å². The van der Waals surface area contributed by atoms with Gasteiger partial charge < -0.3 is 9.84 Å². The monoisotopic (exact) mass is 328 g/mol. The molecule has 1 amide bonds. The fraction of sp³-hybridized carbons (Fsp3) is 0.611. The fourth-order valence-corrected chi connectivity index (χ4v) is 3.56. The van der Waals surface area contributed by atoms with Crippen LogP contribution in [0.15, 0.2) is 26.9 Å². The van der Waals surface area contributed by atoms with Crippen LogP contribution in [0.1, 0.15) is 55.3 Å². The van der Waals surface area contributed by atoms with Crippen molar-refractivity contribution in [3.63, 3.8) is 0 Å². The maximum atomic E-state index is 12.4. The zero-order valence-corrected chi connectivity index (χ0v) is 14.3. The minimum atomic E-state index is -0.121. The van der Waals surface area contributed by atoms with E-state index in [0.29, 0.717) is 17.5 Å². The highest BCUT2D eigenvalue weighted by atomic mass is 16.5. The van der Waals surface area contributed by atoms with E-state index in [1.54, 1.807) is 6.07 Å². The normalized spacial score (nSPS) is 27.2. The number of rotatable bonds is 5. The van der Waals surface area contributed by atoms with Crippen molar-refractivity contribution in [3.8, 4) is 0 Å². The number of hydrogen-bond acceptors (Lipinski definition) is 5. The Kier molecular flexibility index (Phi) is 4.00. The molecule has 1 saturated heterocycles. The van der Waals surface area contributed by atoms with Crippen LogP contribution in [-0.2, 0) is 0 Å². The standard InChI is InChI=1S/C18H24N4O2/c1-11-8-22(9-14-5-6-19-12(14)2)10-16(11)20-18(23)15-7-17(24-21-15)13-3-4-13/h6-7,11,13,16H,3-5,8-10H2,1-2H3,(H,20,23)/t11-,16-/m1/s1. The molecule has 2 atom stereocenters. The van der Waals surface area contributed by atoms with E-state index < -0.39 is 0 Å². The molecule has 3 aliphatic rings. The Balaban J connectivity index is 1.34. The summed E-state index contributed by atoms with van der Waals surface area (Å²) >= 11 is 0. The van der Waals surface area contributed by atoms with Gasteiger partial charge in [-0.1, -0.05) is 12.1 Å². The summed E-state index contributed by atoms with van der Waals surface area (Å²) < 4.78 is 5.28. The molecule has 2 aliphatic heterocycles. The predicted octanol–water partition coefficient (Wildman–Crippen LogP) is 2.35. The largest absolute Gasteiger partial charge is 0.360 e. The predicted molar refractivity (Wildman–Crippen MR) is 91.1 cm³/mol. The first-order valence-electron chi connectivity index (χ1n) is 8.81. The summed E-state index contributed by atoms with van der Waals surface area (Å²) in [5, 5.41) is 7.07. The van der Waals surface area contributed by atoms with E-state index in [1.165, 1.54) is 5.57 Å². The molecule has 1 aromatic rings. The number of nitrogens with one attached hydrogen (secondary N) is 1. The van der Waals surface area contributed by atoms with Gasteiger partial charge in [-0.2, -0.15) is 0 Å². The third-order valence-electron chi connectivity index (χ3n) is 5.29. The van der Waals surface area contributed by atoms with Crippen LogP contribution in [0.3, 0.4) is 0 Å². The molecule has 1 aromatic heterocycles. The lowest BCUT2D eigenvalue weighted by Crippen LogP contribution is -2.40. The maximum Gasteiger partial charge on any atom is 0.273 e. The Morgan fingerprint density at radius 3 is 2.96 bits per heavy atom. The Bertz CT molecular complexity index is 702. The van der Waals surface area contributed by atoms with Crippen molar-refractivity contribution in [1.29, 1.82) is 0 Å². The van der Waals surface area contributed by atoms with Crippen LogP contribution in [0.2, 0.25) is 0 Å². The summed E-state index contributed by atoms with van der Waals surface area (Å²) in [6, 6.07) is 1.95. The van der Waals surface area contributed by atoms with Crippen LogP contribution < -0.4 is 5.32 Å². The lowest BCUT2D eigenvalue weighted by atomic mass is 10.1. The molecule has 3 heterocycles. The summed E-state index contributed by atoms with van der Waals surface area (Å²) in [6.07, 6.45) is 5.22. The van der Waals surface area contributed by atoms with Gasteiger partial charge in [0.2, 0.25) is 0 Å². The molecule has 0 bridgehead atoms. The first-order chi connectivity index (χ1) is 11.6. The molecule has 6 nitrogen and oxygen atoms in total. The van der Waals surface area contributed by atoms with Crippen LogP contribution in [-0.4, -0.2) is 47.9 Å². The molecule has 1 aliphatic carbocycles. The molecular formula is C18H24N4O2. The average molecular weight is 328 g/mol. The zero-order valence-electron chi connectivity index (χ0n) is 14.3. The van der Waals surface area contributed by atoms with Gasteiger partial charge in [-0.15, -0.1) is 0 Å². The SMILES string of the molecule is CC1=C(CN2C[C@@H](C)[C@H](NC(=O)c3cc(C4CC4)on3)C2)CC=N1. The second kappa shape index (κ2) is 6.16. The van der Waals surface area contributed by atoms with Crippen LogP contribution in [0.4, 0.5) is 0 Å². The first-order valence-corrected chi connectivity index (χ1v) is 8.81. The van der Waals surface area contributed by atoms with Gasteiger partial charge in [0.05, 0.1) is 0 Å². The van der Waals surface area contributed by atoms with Crippen molar-refractivity contribution in [1.82, 2.24) is 15.4 Å². The van der Waals surface area contributed by atoms with Crippen molar-refractivity contribution in [3.05, 3.63) is 28.8 Å². The average Bonchev–Trinajstić information content (AvgIpc) is 2.98. The Hall–Kier alpha value is -1.95. The highest BCUT2D eigenvalue weighted by molar-refractivity contribution is 5.92. The summed E-state index contributed by atoms with van der Waals surface area (Å²) in [4.78, 5) is 19.2. The highest BCUT2D eigenvalue weighted by Gasteiger charge is 2.33. The lowest BCUT2D eigenvalue weighted by molar-refractivity contribution is 0.0922. The molecule has 0 radical (unpaired) electrons. The van der Waals surface area contributed by atoms with Gasteiger partial charge in [-0.05, 0) is 31.3 Å². The van der Waals surface area contributed by atoms with Crippen LogP contribution >= 0.6 is 0 Å². The van der Waals surface area contributed by atoms with E-state index in [4.69, 9.17) is 4.52 Å². The molecule has 128 valence electrons. The number of nitrogens with zero attached hydrogens (tertiary/aromatic N) is 3. The molecule has 24 heavy (non-hydrogen) atoms. The Labute approximate surface area is 142 Å². The number of amides is 1. The summed E-state index contributed by atoms with van der Waals surface area (Å²) in [7, 11) is 0. The number of carbonyl (C=O) groups is 1. The maximum absolute atomic E-state index is 12.4. The van der Waals surface area contributed by atoms with Gasteiger partial charge in [0.1, 0.15) is 5.76 Å². The molecule has 4 rings (SSSR count). The van der Waals surface area contributed by atoms with Gasteiger partial charge in [0.25, 0.3) is 5.91 Å². The van der Waals surface area contributed by atoms with Gasteiger partial charge in [0, 0.05) is 56.0 Å². The Morgan fingerprint density at radius 1 is 1.42 bits per heavy atom. The van der Waals surface area contributed by atoms with Crippen LogP contribution in [0, 0.1) is 5.92 Å². The van der Waals surface area contributed by atoms with E-state index in [-0.39, 0.29) is 11.9 Å². The quantitative estimate of drug-likeness (QED) is 0.901. The highest BCUT2D eigenvalue weighted by Crippen LogP contribution is 2.40. The molecule has 0 unspecified atom stereocenters. The van der Waals surface area contributed by atoms with E-state index in [0.717, 1.165) is 50.4 Å². The number of likely N-dealkylation sites (tertiary alicyclic amines) is 1. The number of carbonyl (C=O) groups excluding carboxylic acids is 1. The minimum Gasteiger partial charge on any atom is -0.360 e. The van der Waals surface area contributed by atoms with Crippen molar-refractivity contribution in [2.45, 2.75) is 45.1 Å². The van der Waals surface area contributed by atoms with E-state index in [1.807, 2.05) is 6.21 Å². The van der Waals surface area contributed by atoms with Crippen molar-refractivity contribution >= 4 is 12.1 Å². The lowest BCUT2D eigenvalue weighted by Gasteiger charge is -2.17. The van der Waals surface area contributed by atoms with E-state index >= 15 is 0 Å². The van der Waals surface area contributed by atoms with Crippen LogP contribution in [0.5, 0.6) is 0 Å². The third kappa shape index (κ3) is 3.15. The second-order valence-corrected chi connectivity index (χ2v) is 7.34. The minimum absolute atomic E-state index is 0.121. The van der Waals surface area contributed by atoms with E-state index in [9.17, 15) is 4.79 Å². The molecule has 0 spiro atoms. The first kappa shape index (κ1) is 15.6. The molecule has 2 fully saturated rings. The second-order valence-electron chi connectivity index (χ2n) is 7.34.